The van der Waals surface area contributed by atoms with Crippen molar-refractivity contribution in [2.75, 3.05) is 4.72 Å². The van der Waals surface area contributed by atoms with Gasteiger partial charge in [0.15, 0.2) is 0 Å². The Morgan fingerprint density at radius 3 is 2.65 bits per heavy atom. The van der Waals surface area contributed by atoms with E-state index in [4.69, 9.17) is 11.6 Å². The van der Waals surface area contributed by atoms with E-state index >= 15 is 0 Å². The second kappa shape index (κ2) is 5.46. The van der Waals surface area contributed by atoms with Crippen LogP contribution in [-0.4, -0.2) is 18.2 Å². The predicted molar refractivity (Wildman–Crippen MR) is 79.6 cm³/mol. The molecular weight excluding hydrogens is 298 g/mol. The lowest BCUT2D eigenvalue weighted by molar-refractivity contribution is 0.598. The molecule has 1 aromatic heterocycles. The van der Waals surface area contributed by atoms with Crippen molar-refractivity contribution in [1.29, 1.82) is 0 Å². The van der Waals surface area contributed by atoms with Crippen molar-refractivity contribution in [2.24, 2.45) is 0 Å². The third kappa shape index (κ3) is 2.81. The van der Waals surface area contributed by atoms with Crippen LogP contribution in [0.5, 0.6) is 0 Å². The van der Waals surface area contributed by atoms with E-state index in [1.165, 1.54) is 0 Å². The van der Waals surface area contributed by atoms with Gasteiger partial charge in [-0.3, -0.25) is 4.72 Å². The molecule has 5 nitrogen and oxygen atoms in total. The number of aryl methyl sites for hydroxylation is 3. The smallest absolute Gasteiger partial charge is 0.263 e. The first-order valence-corrected chi connectivity index (χ1v) is 8.02. The topological polar surface area (TPSA) is 64.0 Å². The molecule has 0 fully saturated rings. The van der Waals surface area contributed by atoms with Crippen LogP contribution in [0.2, 0.25) is 5.02 Å². The summed E-state index contributed by atoms with van der Waals surface area (Å²) < 4.78 is 29.0. The molecule has 0 radical (unpaired) electrons. The quantitative estimate of drug-likeness (QED) is 0.943. The number of nitrogens with one attached hydrogen (secondary N) is 1. The molecule has 0 atom stereocenters. The minimum atomic E-state index is -3.66. The van der Waals surface area contributed by atoms with E-state index in [2.05, 4.69) is 9.82 Å². The number of aromatic nitrogens is 2. The Bertz CT molecular complexity index is 738. The molecule has 1 aromatic carbocycles. The van der Waals surface area contributed by atoms with Crippen molar-refractivity contribution in [1.82, 2.24) is 9.78 Å². The van der Waals surface area contributed by atoms with Crippen LogP contribution in [0.4, 0.5) is 5.82 Å². The van der Waals surface area contributed by atoms with Gasteiger partial charge in [-0.05, 0) is 44.0 Å². The van der Waals surface area contributed by atoms with E-state index in [1.807, 2.05) is 6.92 Å². The lowest BCUT2D eigenvalue weighted by Crippen LogP contribution is -2.17. The molecule has 0 saturated carbocycles. The molecule has 0 aliphatic carbocycles. The maximum Gasteiger partial charge on any atom is 0.263 e. The van der Waals surface area contributed by atoms with Crippen LogP contribution >= 0.6 is 11.6 Å². The molecule has 2 rings (SSSR count). The first kappa shape index (κ1) is 14.9. The van der Waals surface area contributed by atoms with Crippen LogP contribution in [0.15, 0.2) is 29.3 Å². The van der Waals surface area contributed by atoms with E-state index in [1.54, 1.807) is 42.9 Å². The Hall–Kier alpha value is -1.53. The van der Waals surface area contributed by atoms with E-state index < -0.39 is 10.0 Å². The van der Waals surface area contributed by atoms with Gasteiger partial charge in [0.25, 0.3) is 10.0 Å². The third-order valence-electron chi connectivity index (χ3n) is 3.00. The van der Waals surface area contributed by atoms with Crippen LogP contribution in [0.1, 0.15) is 18.1 Å². The molecule has 20 heavy (non-hydrogen) atoms. The Balaban J connectivity index is 2.43. The molecule has 1 heterocycles. The molecule has 0 saturated heterocycles. The number of sulfonamides is 1. The van der Waals surface area contributed by atoms with Crippen molar-refractivity contribution in [2.45, 2.75) is 32.2 Å². The van der Waals surface area contributed by atoms with E-state index in [-0.39, 0.29) is 4.90 Å². The molecule has 1 N–H and O–H groups in total. The summed E-state index contributed by atoms with van der Waals surface area (Å²) in [5.74, 6) is 0.444. The Morgan fingerprint density at radius 1 is 1.30 bits per heavy atom. The number of halogens is 1. The minimum Gasteiger partial charge on any atom is -0.264 e. The van der Waals surface area contributed by atoms with Gasteiger partial charge in [0.1, 0.15) is 5.82 Å². The van der Waals surface area contributed by atoms with Gasteiger partial charge in [-0.15, -0.1) is 0 Å². The molecule has 0 aliphatic heterocycles. The average molecular weight is 314 g/mol. The first-order chi connectivity index (χ1) is 9.35. The second-order valence-electron chi connectivity index (χ2n) is 4.50. The first-order valence-electron chi connectivity index (χ1n) is 6.16. The van der Waals surface area contributed by atoms with Gasteiger partial charge in [0, 0.05) is 17.6 Å². The fourth-order valence-electron chi connectivity index (χ4n) is 1.91. The van der Waals surface area contributed by atoms with Gasteiger partial charge < -0.3 is 0 Å². The monoisotopic (exact) mass is 313 g/mol. The van der Waals surface area contributed by atoms with E-state index in [0.717, 1.165) is 5.56 Å². The number of hydrogen-bond donors (Lipinski definition) is 1. The van der Waals surface area contributed by atoms with Crippen LogP contribution in [-0.2, 0) is 16.6 Å². The lowest BCUT2D eigenvalue weighted by atomic mass is 10.2. The number of nitrogens with zero attached hydrogens (tertiary/aromatic N) is 2. The number of rotatable bonds is 4. The molecular formula is C13H16ClN3O2S. The third-order valence-corrected chi connectivity index (χ3v) is 4.90. The standard InChI is InChI=1S/C13H16ClN3O2S/c1-4-17-13(5-6-15-17)16-20(18,19)12-8-9(2)11(14)7-10(12)3/h5-8,16H,4H2,1-3H3. The summed E-state index contributed by atoms with van der Waals surface area (Å²) in [6, 6.07) is 4.86. The largest absolute Gasteiger partial charge is 0.264 e. The Morgan fingerprint density at radius 2 is 2.00 bits per heavy atom. The summed E-state index contributed by atoms with van der Waals surface area (Å²) >= 11 is 6.00. The molecule has 0 spiro atoms. The van der Waals surface area contributed by atoms with Crippen LogP contribution in [0.3, 0.4) is 0 Å². The Kier molecular flexibility index (Phi) is 4.06. The van der Waals surface area contributed by atoms with Gasteiger partial charge in [-0.2, -0.15) is 5.10 Å². The molecule has 0 aliphatic rings. The van der Waals surface area contributed by atoms with Crippen molar-refractivity contribution in [3.63, 3.8) is 0 Å². The van der Waals surface area contributed by atoms with Crippen LogP contribution in [0.25, 0.3) is 0 Å². The zero-order valence-electron chi connectivity index (χ0n) is 11.5. The van der Waals surface area contributed by atoms with Crippen LogP contribution < -0.4 is 4.72 Å². The Labute approximate surface area is 123 Å². The summed E-state index contributed by atoms with van der Waals surface area (Å²) in [6.07, 6.45) is 1.56. The van der Waals surface area contributed by atoms with Gasteiger partial charge in [-0.25, -0.2) is 13.1 Å². The van der Waals surface area contributed by atoms with Gasteiger partial charge >= 0.3 is 0 Å². The summed E-state index contributed by atoms with van der Waals surface area (Å²) in [7, 11) is -3.66. The molecule has 0 unspecified atom stereocenters. The lowest BCUT2D eigenvalue weighted by Gasteiger charge is -2.12. The van der Waals surface area contributed by atoms with Gasteiger partial charge in [0.2, 0.25) is 0 Å². The highest BCUT2D eigenvalue weighted by Gasteiger charge is 2.19. The van der Waals surface area contributed by atoms with Crippen molar-refractivity contribution in [3.8, 4) is 0 Å². The van der Waals surface area contributed by atoms with Crippen molar-refractivity contribution < 1.29 is 8.42 Å². The van der Waals surface area contributed by atoms with Gasteiger partial charge in [0.05, 0.1) is 11.1 Å². The van der Waals surface area contributed by atoms with Crippen molar-refractivity contribution in [3.05, 3.63) is 40.5 Å². The molecule has 2 aromatic rings. The number of benzene rings is 1. The minimum absolute atomic E-state index is 0.225. The summed E-state index contributed by atoms with van der Waals surface area (Å²) in [6.45, 7) is 5.97. The van der Waals surface area contributed by atoms with E-state index in [9.17, 15) is 8.42 Å². The normalized spacial score (nSPS) is 11.6. The number of anilines is 1. The molecule has 0 bridgehead atoms. The SMILES string of the molecule is CCn1nccc1NS(=O)(=O)c1cc(C)c(Cl)cc1C. The predicted octanol–water partition coefficient (Wildman–Crippen LogP) is 2.97. The van der Waals surface area contributed by atoms with Gasteiger partial charge in [-0.1, -0.05) is 11.6 Å². The summed E-state index contributed by atoms with van der Waals surface area (Å²) in [5.41, 5.74) is 1.33. The fourth-order valence-corrected chi connectivity index (χ4v) is 3.50. The summed E-state index contributed by atoms with van der Waals surface area (Å²) in [4.78, 5) is 0.225. The summed E-state index contributed by atoms with van der Waals surface area (Å²) in [5, 5.41) is 4.59. The zero-order valence-corrected chi connectivity index (χ0v) is 13.1. The maximum absolute atomic E-state index is 12.5. The highest BCUT2D eigenvalue weighted by atomic mass is 35.5. The maximum atomic E-state index is 12.5. The highest BCUT2D eigenvalue weighted by molar-refractivity contribution is 7.92. The fraction of sp³-hybridized carbons (Fsp3) is 0.308. The average Bonchev–Trinajstić information content (AvgIpc) is 2.80. The zero-order chi connectivity index (χ0) is 14.9. The highest BCUT2D eigenvalue weighted by Crippen LogP contribution is 2.25. The molecule has 0 amide bonds. The van der Waals surface area contributed by atoms with Crippen LogP contribution in [0, 0.1) is 13.8 Å². The molecule has 108 valence electrons. The van der Waals surface area contributed by atoms with E-state index in [0.29, 0.717) is 22.9 Å². The number of hydrogen-bond acceptors (Lipinski definition) is 3. The van der Waals surface area contributed by atoms with Crippen molar-refractivity contribution >= 4 is 27.4 Å². The second-order valence-corrected chi connectivity index (χ2v) is 6.56. The molecule has 7 heteroatoms.